The molecule has 0 aliphatic heterocycles. The van der Waals surface area contributed by atoms with Crippen molar-refractivity contribution in [1.29, 1.82) is 0 Å². The molecular formula is C14H9F3O4S. The zero-order chi connectivity index (χ0) is 16.5. The highest BCUT2D eigenvalue weighted by Gasteiger charge is 2.13. The van der Waals surface area contributed by atoms with Gasteiger partial charge in [0.1, 0.15) is 0 Å². The van der Waals surface area contributed by atoms with E-state index in [1.807, 2.05) is 18.2 Å². The Morgan fingerprint density at radius 1 is 0.773 bits per heavy atom. The Bertz CT molecular complexity index is 947. The van der Waals surface area contributed by atoms with Crippen LogP contribution in [0.4, 0.5) is 13.2 Å². The van der Waals surface area contributed by atoms with Crippen molar-refractivity contribution >= 4 is 31.9 Å². The molecule has 0 atom stereocenters. The first kappa shape index (κ1) is 16.2. The summed E-state index contributed by atoms with van der Waals surface area (Å²) in [6.07, 6.45) is 0. The SMILES string of the molecule is Fc1cc2cc3ccccc3cc2c(F)c1F.O=S(=O)(O)O. The predicted octanol–water partition coefficient (Wildman–Crippen LogP) is 3.76. The highest BCUT2D eigenvalue weighted by Crippen LogP contribution is 2.27. The van der Waals surface area contributed by atoms with Crippen LogP contribution in [0.3, 0.4) is 0 Å². The Balaban J connectivity index is 0.000000309. The highest BCUT2D eigenvalue weighted by molar-refractivity contribution is 7.79. The molecular weight excluding hydrogens is 321 g/mol. The summed E-state index contributed by atoms with van der Waals surface area (Å²) in [7, 11) is -4.67. The first-order chi connectivity index (χ1) is 10.2. The lowest BCUT2D eigenvalue weighted by atomic mass is 10.0. The third-order valence-corrected chi connectivity index (χ3v) is 2.84. The fourth-order valence-electron chi connectivity index (χ4n) is 1.99. The Kier molecular flexibility index (Phi) is 4.36. The number of hydrogen-bond acceptors (Lipinski definition) is 2. The minimum absolute atomic E-state index is 0.0996. The molecule has 0 radical (unpaired) electrons. The van der Waals surface area contributed by atoms with Crippen LogP contribution >= 0.6 is 0 Å². The standard InChI is InChI=1S/C14H7F3.H2O4S/c15-12-7-10-5-8-3-1-2-4-9(8)6-11(10)13(16)14(12)17;1-5(2,3)4/h1-7H;(H2,1,2,3,4). The summed E-state index contributed by atoms with van der Waals surface area (Å²) < 4.78 is 71.4. The van der Waals surface area contributed by atoms with Crippen LogP contribution in [0.5, 0.6) is 0 Å². The summed E-state index contributed by atoms with van der Waals surface area (Å²) in [6, 6.07) is 11.5. The molecule has 0 aliphatic rings. The molecule has 22 heavy (non-hydrogen) atoms. The molecule has 3 aromatic carbocycles. The smallest absolute Gasteiger partial charge is 0.264 e. The molecule has 2 N–H and O–H groups in total. The van der Waals surface area contributed by atoms with Gasteiger partial charge < -0.3 is 0 Å². The maximum Gasteiger partial charge on any atom is 0.394 e. The summed E-state index contributed by atoms with van der Waals surface area (Å²) in [4.78, 5) is 0. The predicted molar refractivity (Wildman–Crippen MR) is 75.5 cm³/mol. The van der Waals surface area contributed by atoms with Crippen LogP contribution in [0.2, 0.25) is 0 Å². The molecule has 0 heterocycles. The molecule has 3 rings (SSSR count). The topological polar surface area (TPSA) is 74.6 Å². The van der Waals surface area contributed by atoms with E-state index >= 15 is 0 Å². The van der Waals surface area contributed by atoms with E-state index in [4.69, 9.17) is 17.5 Å². The second-order valence-corrected chi connectivity index (χ2v) is 5.25. The number of benzene rings is 3. The van der Waals surface area contributed by atoms with Crippen LogP contribution in [0, 0.1) is 17.5 Å². The van der Waals surface area contributed by atoms with E-state index in [0.29, 0.717) is 5.39 Å². The third-order valence-electron chi connectivity index (χ3n) is 2.84. The van der Waals surface area contributed by atoms with Gasteiger partial charge in [-0.2, -0.15) is 8.42 Å². The molecule has 0 bridgehead atoms. The molecule has 0 fully saturated rings. The number of fused-ring (bicyclic) bond motifs is 2. The van der Waals surface area contributed by atoms with Gasteiger partial charge in [0, 0.05) is 5.39 Å². The average Bonchev–Trinajstić information content (AvgIpc) is 2.42. The van der Waals surface area contributed by atoms with Crippen molar-refractivity contribution in [2.24, 2.45) is 0 Å². The molecule has 8 heteroatoms. The molecule has 0 spiro atoms. The number of hydrogen-bond donors (Lipinski definition) is 2. The largest absolute Gasteiger partial charge is 0.394 e. The Labute approximate surface area is 123 Å². The number of halogens is 3. The van der Waals surface area contributed by atoms with Crippen molar-refractivity contribution < 1.29 is 30.7 Å². The van der Waals surface area contributed by atoms with Crippen molar-refractivity contribution in [3.63, 3.8) is 0 Å². The van der Waals surface area contributed by atoms with Gasteiger partial charge in [-0.15, -0.1) is 0 Å². The van der Waals surface area contributed by atoms with Gasteiger partial charge in [0.25, 0.3) is 0 Å². The van der Waals surface area contributed by atoms with E-state index in [1.165, 1.54) is 6.07 Å². The van der Waals surface area contributed by atoms with E-state index in [9.17, 15) is 13.2 Å². The van der Waals surface area contributed by atoms with Gasteiger partial charge in [-0.25, -0.2) is 13.2 Å². The molecule has 0 unspecified atom stereocenters. The van der Waals surface area contributed by atoms with Crippen molar-refractivity contribution in [1.82, 2.24) is 0 Å². The highest BCUT2D eigenvalue weighted by atomic mass is 32.3. The average molecular weight is 330 g/mol. The van der Waals surface area contributed by atoms with Crippen LogP contribution in [0.1, 0.15) is 0 Å². The van der Waals surface area contributed by atoms with Gasteiger partial charge in [-0.1, -0.05) is 24.3 Å². The van der Waals surface area contributed by atoms with Gasteiger partial charge in [0.15, 0.2) is 17.5 Å². The minimum Gasteiger partial charge on any atom is -0.264 e. The molecule has 0 amide bonds. The fourth-order valence-corrected chi connectivity index (χ4v) is 1.99. The zero-order valence-electron chi connectivity index (χ0n) is 10.8. The lowest BCUT2D eigenvalue weighted by Crippen LogP contribution is -1.92. The van der Waals surface area contributed by atoms with E-state index in [1.54, 1.807) is 12.1 Å². The monoisotopic (exact) mass is 330 g/mol. The summed E-state index contributed by atoms with van der Waals surface area (Å²) in [6.45, 7) is 0. The third kappa shape index (κ3) is 3.73. The maximum absolute atomic E-state index is 13.6. The summed E-state index contributed by atoms with van der Waals surface area (Å²) in [5.74, 6) is -3.72. The van der Waals surface area contributed by atoms with Crippen molar-refractivity contribution in [2.45, 2.75) is 0 Å². The second-order valence-electron chi connectivity index (χ2n) is 4.35. The van der Waals surface area contributed by atoms with E-state index in [-0.39, 0.29) is 5.39 Å². The second kappa shape index (κ2) is 5.91. The van der Waals surface area contributed by atoms with Crippen LogP contribution in [-0.2, 0) is 10.4 Å². The van der Waals surface area contributed by atoms with E-state index in [0.717, 1.165) is 16.8 Å². The molecule has 0 saturated heterocycles. The van der Waals surface area contributed by atoms with Gasteiger partial charge >= 0.3 is 10.4 Å². The van der Waals surface area contributed by atoms with Gasteiger partial charge in [0.05, 0.1) is 0 Å². The first-order valence-corrected chi connectivity index (χ1v) is 7.22. The van der Waals surface area contributed by atoms with Crippen molar-refractivity contribution in [3.05, 3.63) is 59.9 Å². The molecule has 3 aromatic rings. The van der Waals surface area contributed by atoms with Crippen LogP contribution in [0.15, 0.2) is 42.5 Å². The van der Waals surface area contributed by atoms with Gasteiger partial charge in [0.2, 0.25) is 0 Å². The minimum atomic E-state index is -4.67. The van der Waals surface area contributed by atoms with Crippen molar-refractivity contribution in [3.8, 4) is 0 Å². The van der Waals surface area contributed by atoms with Gasteiger partial charge in [-0.05, 0) is 34.4 Å². The lowest BCUT2D eigenvalue weighted by molar-refractivity contribution is 0.381. The molecule has 0 aromatic heterocycles. The van der Waals surface area contributed by atoms with Crippen LogP contribution in [0.25, 0.3) is 21.5 Å². The zero-order valence-corrected chi connectivity index (χ0v) is 11.6. The van der Waals surface area contributed by atoms with Gasteiger partial charge in [-0.3, -0.25) is 9.11 Å². The van der Waals surface area contributed by atoms with Crippen LogP contribution in [-0.4, -0.2) is 17.5 Å². The molecule has 0 aliphatic carbocycles. The fraction of sp³-hybridized carbons (Fsp3) is 0. The first-order valence-electron chi connectivity index (χ1n) is 5.82. The molecule has 4 nitrogen and oxygen atoms in total. The normalized spacial score (nSPS) is 11.3. The maximum atomic E-state index is 13.6. The Morgan fingerprint density at radius 3 is 1.82 bits per heavy atom. The summed E-state index contributed by atoms with van der Waals surface area (Å²) in [5.41, 5.74) is 0. The quantitative estimate of drug-likeness (QED) is 0.374. The lowest BCUT2D eigenvalue weighted by Gasteiger charge is -2.04. The summed E-state index contributed by atoms with van der Waals surface area (Å²) in [5, 5.41) is 2.12. The van der Waals surface area contributed by atoms with E-state index in [2.05, 4.69) is 0 Å². The van der Waals surface area contributed by atoms with Crippen LogP contribution < -0.4 is 0 Å². The molecule has 116 valence electrons. The molecule has 0 saturated carbocycles. The summed E-state index contributed by atoms with van der Waals surface area (Å²) >= 11 is 0. The van der Waals surface area contributed by atoms with Crippen molar-refractivity contribution in [2.75, 3.05) is 0 Å². The number of rotatable bonds is 0. The Morgan fingerprint density at radius 2 is 1.27 bits per heavy atom. The Hall–Kier alpha value is -2.16. The van der Waals surface area contributed by atoms with E-state index < -0.39 is 27.9 Å².